The van der Waals surface area contributed by atoms with Crippen LogP contribution in [-0.2, 0) is 4.79 Å². The van der Waals surface area contributed by atoms with E-state index in [1.807, 2.05) is 60.6 Å². The molecule has 7 heteroatoms. The fraction of sp³-hybridized carbons (Fsp3) is 0.333. The van der Waals surface area contributed by atoms with E-state index in [1.165, 1.54) is 11.8 Å². The normalized spacial score (nSPS) is 12.0. The minimum atomic E-state index is -0.256. The predicted octanol–water partition coefficient (Wildman–Crippen LogP) is 3.99. The number of nitrogens with zero attached hydrogens (tertiary/aromatic N) is 5. The van der Waals surface area contributed by atoms with Crippen LogP contribution in [0.15, 0.2) is 53.9 Å². The van der Waals surface area contributed by atoms with Gasteiger partial charge in [-0.2, -0.15) is 0 Å². The van der Waals surface area contributed by atoms with Crippen molar-refractivity contribution in [3.8, 4) is 17.1 Å². The smallest absolute Gasteiger partial charge is 0.235 e. The van der Waals surface area contributed by atoms with Gasteiger partial charge in [-0.25, -0.2) is 0 Å². The van der Waals surface area contributed by atoms with Gasteiger partial charge in [-0.1, -0.05) is 30.0 Å². The van der Waals surface area contributed by atoms with Crippen molar-refractivity contribution in [2.24, 2.45) is 0 Å². The quantitative estimate of drug-likeness (QED) is 0.566. The largest absolute Gasteiger partial charge is 0.342 e. The lowest BCUT2D eigenvalue weighted by atomic mass is 10.2. The second-order valence-electron chi connectivity index (χ2n) is 6.44. The highest BCUT2D eigenvalue weighted by Gasteiger charge is 2.24. The van der Waals surface area contributed by atoms with Crippen LogP contribution >= 0.6 is 11.8 Å². The zero-order valence-corrected chi connectivity index (χ0v) is 17.5. The van der Waals surface area contributed by atoms with Crippen LogP contribution in [0.5, 0.6) is 0 Å². The van der Waals surface area contributed by atoms with Crippen LogP contribution in [0.4, 0.5) is 0 Å². The molecule has 1 atom stereocenters. The summed E-state index contributed by atoms with van der Waals surface area (Å²) in [6, 6.07) is 11.9. The number of amides is 1. The van der Waals surface area contributed by atoms with Crippen LogP contribution in [0.2, 0.25) is 0 Å². The van der Waals surface area contributed by atoms with E-state index in [4.69, 9.17) is 0 Å². The van der Waals surface area contributed by atoms with Gasteiger partial charge in [-0.3, -0.25) is 14.3 Å². The maximum atomic E-state index is 12.7. The van der Waals surface area contributed by atoms with Gasteiger partial charge in [0.1, 0.15) is 0 Å². The van der Waals surface area contributed by atoms with Gasteiger partial charge in [0.05, 0.1) is 10.9 Å². The van der Waals surface area contributed by atoms with Crippen LogP contribution in [-0.4, -0.2) is 48.9 Å². The Balaban J connectivity index is 2.04. The van der Waals surface area contributed by atoms with E-state index >= 15 is 0 Å². The minimum absolute atomic E-state index is 0.109. The number of hydrogen-bond donors (Lipinski definition) is 0. The van der Waals surface area contributed by atoms with E-state index in [1.54, 1.807) is 12.4 Å². The molecule has 3 rings (SSSR count). The number of thioether (sulfide) groups is 1. The van der Waals surface area contributed by atoms with E-state index in [0.717, 1.165) is 16.8 Å². The summed E-state index contributed by atoms with van der Waals surface area (Å²) >= 11 is 1.43. The van der Waals surface area contributed by atoms with E-state index < -0.39 is 0 Å². The molecule has 0 aliphatic rings. The van der Waals surface area contributed by atoms with Crippen LogP contribution < -0.4 is 0 Å². The molecule has 2 heterocycles. The monoisotopic (exact) mass is 395 g/mol. The fourth-order valence-electron chi connectivity index (χ4n) is 3.06. The highest BCUT2D eigenvalue weighted by atomic mass is 32.2. The van der Waals surface area contributed by atoms with Gasteiger partial charge < -0.3 is 4.90 Å². The fourth-order valence-corrected chi connectivity index (χ4v) is 4.00. The summed E-state index contributed by atoms with van der Waals surface area (Å²) in [5.41, 5.74) is 2.99. The molecule has 0 aliphatic carbocycles. The van der Waals surface area contributed by atoms with Crippen molar-refractivity contribution in [1.82, 2.24) is 24.6 Å². The summed E-state index contributed by atoms with van der Waals surface area (Å²) < 4.78 is 2.02. The summed E-state index contributed by atoms with van der Waals surface area (Å²) in [6.07, 6.45) is 3.51. The molecule has 0 spiro atoms. The van der Waals surface area contributed by atoms with Crippen molar-refractivity contribution in [1.29, 1.82) is 0 Å². The number of benzene rings is 1. The van der Waals surface area contributed by atoms with Crippen molar-refractivity contribution in [3.05, 3.63) is 54.4 Å². The Bertz CT molecular complexity index is 937. The third kappa shape index (κ3) is 4.09. The van der Waals surface area contributed by atoms with Gasteiger partial charge in [0.2, 0.25) is 5.91 Å². The van der Waals surface area contributed by atoms with Crippen molar-refractivity contribution in [2.45, 2.75) is 38.1 Å². The van der Waals surface area contributed by atoms with E-state index in [9.17, 15) is 4.79 Å². The van der Waals surface area contributed by atoms with Crippen LogP contribution in [0.25, 0.3) is 17.1 Å². The van der Waals surface area contributed by atoms with Gasteiger partial charge in [-0.05, 0) is 51.5 Å². The van der Waals surface area contributed by atoms with Gasteiger partial charge in [0, 0.05) is 31.0 Å². The van der Waals surface area contributed by atoms with Crippen LogP contribution in [0, 0.1) is 6.92 Å². The summed E-state index contributed by atoms with van der Waals surface area (Å²) in [6.45, 7) is 9.37. The van der Waals surface area contributed by atoms with Crippen molar-refractivity contribution < 1.29 is 4.79 Å². The number of para-hydroxylation sites is 1. The molecule has 0 fully saturated rings. The molecule has 1 unspecified atom stereocenters. The topological polar surface area (TPSA) is 63.9 Å². The average molecular weight is 396 g/mol. The summed E-state index contributed by atoms with van der Waals surface area (Å²) in [5, 5.41) is 9.29. The average Bonchev–Trinajstić information content (AvgIpc) is 3.13. The molecule has 0 saturated carbocycles. The highest BCUT2D eigenvalue weighted by Crippen LogP contribution is 2.31. The van der Waals surface area contributed by atoms with Gasteiger partial charge in [-0.15, -0.1) is 10.2 Å². The highest BCUT2D eigenvalue weighted by molar-refractivity contribution is 8.00. The lowest BCUT2D eigenvalue weighted by Crippen LogP contribution is -2.36. The first kappa shape index (κ1) is 20.1. The second kappa shape index (κ2) is 9.01. The first-order valence-corrected chi connectivity index (χ1v) is 10.3. The minimum Gasteiger partial charge on any atom is -0.342 e. The first-order valence-electron chi connectivity index (χ1n) is 9.44. The number of aryl methyl sites for hydroxylation is 1. The number of carbonyl (C=O) groups is 1. The number of pyridine rings is 1. The first-order chi connectivity index (χ1) is 13.6. The Morgan fingerprint density at radius 2 is 1.89 bits per heavy atom. The third-order valence-corrected chi connectivity index (χ3v) is 5.64. The Kier molecular flexibility index (Phi) is 6.46. The van der Waals surface area contributed by atoms with Gasteiger partial charge >= 0.3 is 0 Å². The number of rotatable bonds is 7. The standard InChI is InChI=1S/C21H25N5OS/c1-5-25(6-2)20(27)16(4)28-21-24-23-19(17-11-9-13-22-14-17)26(21)18-12-8-7-10-15(18)3/h7-14,16H,5-6H2,1-4H3. The molecule has 3 aromatic rings. The lowest BCUT2D eigenvalue weighted by Gasteiger charge is -2.22. The molecule has 0 saturated heterocycles. The molecule has 0 radical (unpaired) electrons. The summed E-state index contributed by atoms with van der Waals surface area (Å²) in [5.74, 6) is 0.824. The van der Waals surface area contributed by atoms with Crippen molar-refractivity contribution in [2.75, 3.05) is 13.1 Å². The molecule has 0 N–H and O–H groups in total. The third-order valence-electron chi connectivity index (χ3n) is 4.61. The number of carbonyl (C=O) groups excluding carboxylic acids is 1. The molecular formula is C21H25N5OS. The lowest BCUT2D eigenvalue weighted by molar-refractivity contribution is -0.129. The van der Waals surface area contributed by atoms with Crippen LogP contribution in [0.3, 0.4) is 0 Å². The molecule has 146 valence electrons. The molecule has 0 aliphatic heterocycles. The van der Waals surface area contributed by atoms with Gasteiger partial charge in [0.25, 0.3) is 0 Å². The van der Waals surface area contributed by atoms with E-state index in [0.29, 0.717) is 24.1 Å². The number of aromatic nitrogens is 4. The molecule has 1 amide bonds. The molecule has 28 heavy (non-hydrogen) atoms. The van der Waals surface area contributed by atoms with Crippen LogP contribution in [0.1, 0.15) is 26.3 Å². The molecule has 0 bridgehead atoms. The zero-order valence-electron chi connectivity index (χ0n) is 16.7. The number of hydrogen-bond acceptors (Lipinski definition) is 5. The maximum Gasteiger partial charge on any atom is 0.235 e. The second-order valence-corrected chi connectivity index (χ2v) is 7.75. The Hall–Kier alpha value is -2.67. The molecule has 6 nitrogen and oxygen atoms in total. The van der Waals surface area contributed by atoms with E-state index in [-0.39, 0.29) is 11.2 Å². The Morgan fingerprint density at radius 3 is 2.54 bits per heavy atom. The molecule has 1 aromatic carbocycles. The molecular weight excluding hydrogens is 370 g/mol. The molecule has 2 aromatic heterocycles. The maximum absolute atomic E-state index is 12.7. The summed E-state index contributed by atoms with van der Waals surface area (Å²) in [4.78, 5) is 18.8. The Labute approximate surface area is 170 Å². The Morgan fingerprint density at radius 1 is 1.14 bits per heavy atom. The van der Waals surface area contributed by atoms with Gasteiger partial charge in [0.15, 0.2) is 11.0 Å². The van der Waals surface area contributed by atoms with E-state index in [2.05, 4.69) is 28.2 Å². The SMILES string of the molecule is CCN(CC)C(=O)C(C)Sc1nnc(-c2cccnc2)n1-c1ccccc1C. The zero-order chi connectivity index (χ0) is 20.1. The predicted molar refractivity (Wildman–Crippen MR) is 113 cm³/mol. The van der Waals surface area contributed by atoms with Crippen molar-refractivity contribution in [3.63, 3.8) is 0 Å². The van der Waals surface area contributed by atoms with Crippen molar-refractivity contribution >= 4 is 17.7 Å². The summed E-state index contributed by atoms with van der Waals surface area (Å²) in [7, 11) is 0.